The third-order valence-corrected chi connectivity index (χ3v) is 4.38. The maximum Gasteiger partial charge on any atom is 0.147 e. The van der Waals surface area contributed by atoms with Crippen molar-refractivity contribution < 1.29 is 4.74 Å². The molecule has 0 amide bonds. The van der Waals surface area contributed by atoms with Gasteiger partial charge in [-0.05, 0) is 37.4 Å². The predicted octanol–water partition coefficient (Wildman–Crippen LogP) is 4.84. The Bertz CT molecular complexity index is 734. The molecule has 0 radical (unpaired) electrons. The summed E-state index contributed by atoms with van der Waals surface area (Å²) >= 11 is 8.07. The van der Waals surface area contributed by atoms with Crippen LogP contribution in [0, 0.1) is 0 Å². The molecule has 0 aliphatic carbocycles. The molecule has 2 aromatic heterocycles. The lowest BCUT2D eigenvalue weighted by atomic mass is 10.3. The van der Waals surface area contributed by atoms with Crippen LogP contribution in [0.4, 0.5) is 0 Å². The summed E-state index contributed by atoms with van der Waals surface area (Å²) in [7, 11) is 0. The Labute approximate surface area is 133 Å². The first kappa shape index (κ1) is 14.4. The van der Waals surface area contributed by atoms with Crippen molar-refractivity contribution in [2.45, 2.75) is 25.8 Å². The van der Waals surface area contributed by atoms with E-state index in [2.05, 4.69) is 28.1 Å². The highest BCUT2D eigenvalue weighted by molar-refractivity contribution is 7.09. The number of aromatic nitrogens is 2. The molecular weight excluding hydrogens is 304 g/mol. The number of alkyl halides is 1. The van der Waals surface area contributed by atoms with Crippen LogP contribution in [0.3, 0.4) is 0 Å². The number of hydrogen-bond donors (Lipinski definition) is 0. The topological polar surface area (TPSA) is 27.1 Å². The zero-order valence-corrected chi connectivity index (χ0v) is 13.6. The lowest BCUT2D eigenvalue weighted by molar-refractivity contribution is 0.343. The fraction of sp³-hybridized carbons (Fsp3) is 0.312. The molecule has 0 fully saturated rings. The summed E-state index contributed by atoms with van der Waals surface area (Å²) in [6.45, 7) is 5.35. The van der Waals surface area contributed by atoms with Gasteiger partial charge < -0.3 is 9.30 Å². The second-order valence-corrected chi connectivity index (χ2v) is 6.50. The Balaban J connectivity index is 2.15. The van der Waals surface area contributed by atoms with Gasteiger partial charge in [-0.25, -0.2) is 4.98 Å². The van der Waals surface area contributed by atoms with Gasteiger partial charge in [-0.15, -0.1) is 22.9 Å². The molecule has 2 heterocycles. The minimum atomic E-state index is -0.146. The Morgan fingerprint density at radius 1 is 1.33 bits per heavy atom. The number of rotatable bonds is 5. The van der Waals surface area contributed by atoms with E-state index in [9.17, 15) is 0 Å². The highest BCUT2D eigenvalue weighted by Crippen LogP contribution is 2.31. The van der Waals surface area contributed by atoms with Crippen LogP contribution in [0.5, 0.6) is 5.75 Å². The van der Waals surface area contributed by atoms with Crippen LogP contribution in [0.2, 0.25) is 0 Å². The first-order valence-electron chi connectivity index (χ1n) is 6.99. The quantitative estimate of drug-likeness (QED) is 0.629. The van der Waals surface area contributed by atoms with Gasteiger partial charge in [0.1, 0.15) is 17.1 Å². The Kier molecular flexibility index (Phi) is 4.17. The highest BCUT2D eigenvalue weighted by atomic mass is 35.5. The predicted molar refractivity (Wildman–Crippen MR) is 88.6 cm³/mol. The van der Waals surface area contributed by atoms with E-state index in [4.69, 9.17) is 21.3 Å². The minimum absolute atomic E-state index is 0.146. The van der Waals surface area contributed by atoms with Gasteiger partial charge in [0.2, 0.25) is 0 Å². The number of hydrogen-bond acceptors (Lipinski definition) is 3. The molecule has 0 spiro atoms. The molecule has 5 heteroatoms. The number of halogens is 1. The maximum atomic E-state index is 6.33. The van der Waals surface area contributed by atoms with E-state index >= 15 is 0 Å². The smallest absolute Gasteiger partial charge is 0.147 e. The van der Waals surface area contributed by atoms with Crippen LogP contribution in [-0.4, -0.2) is 16.2 Å². The Morgan fingerprint density at radius 3 is 2.86 bits per heavy atom. The van der Waals surface area contributed by atoms with Gasteiger partial charge in [0.25, 0.3) is 0 Å². The fourth-order valence-corrected chi connectivity index (χ4v) is 3.30. The molecule has 110 valence electrons. The molecule has 3 rings (SSSR count). The first-order chi connectivity index (χ1) is 10.2. The van der Waals surface area contributed by atoms with Crippen molar-refractivity contribution in [3.8, 4) is 5.75 Å². The van der Waals surface area contributed by atoms with Crippen LogP contribution in [0.1, 0.15) is 29.9 Å². The maximum absolute atomic E-state index is 6.33. The van der Waals surface area contributed by atoms with Crippen LogP contribution in [-0.2, 0) is 6.54 Å². The summed E-state index contributed by atoms with van der Waals surface area (Å²) in [5.74, 6) is 1.70. The van der Waals surface area contributed by atoms with Gasteiger partial charge in [0.15, 0.2) is 0 Å². The zero-order valence-electron chi connectivity index (χ0n) is 12.0. The average molecular weight is 321 g/mol. The van der Waals surface area contributed by atoms with Crippen molar-refractivity contribution in [1.29, 1.82) is 0 Å². The molecular formula is C16H17ClN2OS. The van der Waals surface area contributed by atoms with Gasteiger partial charge in [0, 0.05) is 4.88 Å². The second-order valence-electron chi connectivity index (χ2n) is 4.81. The highest BCUT2D eigenvalue weighted by Gasteiger charge is 2.17. The van der Waals surface area contributed by atoms with Gasteiger partial charge in [-0.2, -0.15) is 0 Å². The molecule has 0 aliphatic heterocycles. The number of ether oxygens (including phenoxy) is 1. The minimum Gasteiger partial charge on any atom is -0.492 e. The first-order valence-corrected chi connectivity index (χ1v) is 8.30. The molecule has 0 bridgehead atoms. The number of para-hydroxylation sites is 1. The number of imidazole rings is 1. The molecule has 1 atom stereocenters. The standard InChI is InChI=1S/C16H17ClN2OS/c1-3-20-14-8-4-7-13-15(14)18-16(11(2)17)19(13)10-12-6-5-9-21-12/h4-9,11H,3,10H2,1-2H3. The molecule has 0 saturated carbocycles. The lowest BCUT2D eigenvalue weighted by Gasteiger charge is -2.09. The summed E-state index contributed by atoms with van der Waals surface area (Å²) in [6, 6.07) is 10.2. The number of fused-ring (bicyclic) bond motifs is 1. The third kappa shape index (κ3) is 2.78. The SMILES string of the molecule is CCOc1cccc2c1nc(C(C)Cl)n2Cc1cccs1. The van der Waals surface area contributed by atoms with Crippen molar-refractivity contribution >= 4 is 34.0 Å². The summed E-state index contributed by atoms with van der Waals surface area (Å²) < 4.78 is 7.87. The van der Waals surface area contributed by atoms with Gasteiger partial charge in [0.05, 0.1) is 24.0 Å². The second kappa shape index (κ2) is 6.08. The lowest BCUT2D eigenvalue weighted by Crippen LogP contribution is -2.04. The Morgan fingerprint density at radius 2 is 2.19 bits per heavy atom. The summed E-state index contributed by atoms with van der Waals surface area (Å²) in [6.07, 6.45) is 0. The van der Waals surface area contributed by atoms with Crippen LogP contribution >= 0.6 is 22.9 Å². The van der Waals surface area contributed by atoms with Crippen molar-refractivity contribution in [2.75, 3.05) is 6.61 Å². The van der Waals surface area contributed by atoms with Crippen LogP contribution < -0.4 is 4.74 Å². The van der Waals surface area contributed by atoms with E-state index in [-0.39, 0.29) is 5.38 Å². The van der Waals surface area contributed by atoms with Crippen LogP contribution in [0.25, 0.3) is 11.0 Å². The monoisotopic (exact) mass is 320 g/mol. The van der Waals surface area contributed by atoms with Gasteiger partial charge >= 0.3 is 0 Å². The van der Waals surface area contributed by atoms with E-state index in [0.29, 0.717) is 6.61 Å². The van der Waals surface area contributed by atoms with E-state index in [1.54, 1.807) is 11.3 Å². The molecule has 3 aromatic rings. The molecule has 0 aliphatic rings. The van der Waals surface area contributed by atoms with Crippen molar-refractivity contribution in [1.82, 2.24) is 9.55 Å². The van der Waals surface area contributed by atoms with Crippen molar-refractivity contribution in [3.05, 3.63) is 46.4 Å². The number of thiophene rings is 1. The molecule has 1 aromatic carbocycles. The summed E-state index contributed by atoms with van der Waals surface area (Å²) in [5.41, 5.74) is 1.95. The number of nitrogens with zero attached hydrogens (tertiary/aromatic N) is 2. The largest absolute Gasteiger partial charge is 0.492 e. The van der Waals surface area contributed by atoms with Crippen molar-refractivity contribution in [2.24, 2.45) is 0 Å². The molecule has 0 saturated heterocycles. The van der Waals surface area contributed by atoms with Gasteiger partial charge in [-0.3, -0.25) is 0 Å². The molecule has 21 heavy (non-hydrogen) atoms. The van der Waals surface area contributed by atoms with E-state index in [1.165, 1.54) is 4.88 Å². The third-order valence-electron chi connectivity index (χ3n) is 3.32. The number of benzene rings is 1. The molecule has 1 unspecified atom stereocenters. The van der Waals surface area contributed by atoms with Gasteiger partial charge in [-0.1, -0.05) is 12.1 Å². The van der Waals surface area contributed by atoms with E-state index in [1.807, 2.05) is 26.0 Å². The fourth-order valence-electron chi connectivity index (χ4n) is 2.44. The van der Waals surface area contributed by atoms with E-state index < -0.39 is 0 Å². The average Bonchev–Trinajstić information content (AvgIpc) is 3.09. The summed E-state index contributed by atoms with van der Waals surface area (Å²) in [5, 5.41) is 1.94. The van der Waals surface area contributed by atoms with Crippen molar-refractivity contribution in [3.63, 3.8) is 0 Å². The van der Waals surface area contributed by atoms with Crippen LogP contribution in [0.15, 0.2) is 35.7 Å². The molecule has 0 N–H and O–H groups in total. The summed E-state index contributed by atoms with van der Waals surface area (Å²) in [4.78, 5) is 6.01. The Hall–Kier alpha value is -1.52. The molecule has 3 nitrogen and oxygen atoms in total. The normalized spacial score (nSPS) is 12.7. The zero-order chi connectivity index (χ0) is 14.8. The van der Waals surface area contributed by atoms with E-state index in [0.717, 1.165) is 29.2 Å².